The lowest BCUT2D eigenvalue weighted by Crippen LogP contribution is -2.29. The lowest BCUT2D eigenvalue weighted by Gasteiger charge is -2.24. The third kappa shape index (κ3) is 3.37. The van der Waals surface area contributed by atoms with Crippen molar-refractivity contribution in [2.45, 2.75) is 45.3 Å². The maximum Gasteiger partial charge on any atom is 0.0771 e. The normalized spacial score (nSPS) is 18.3. The van der Waals surface area contributed by atoms with Crippen molar-refractivity contribution in [2.75, 3.05) is 0 Å². The Kier molecular flexibility index (Phi) is 6.03. The van der Waals surface area contributed by atoms with Gasteiger partial charge >= 0.3 is 0 Å². The van der Waals surface area contributed by atoms with Crippen molar-refractivity contribution in [3.63, 3.8) is 0 Å². The first kappa shape index (κ1) is 11.7. The maximum absolute atomic E-state index is 9.54. The minimum atomic E-state index is -0.570. The fourth-order valence-corrected chi connectivity index (χ4v) is 1.40. The third-order valence-electron chi connectivity index (χ3n) is 2.21. The van der Waals surface area contributed by atoms with Crippen LogP contribution >= 0.6 is 0 Å². The Morgan fingerprint density at radius 3 is 2.25 bits per heavy atom. The maximum atomic E-state index is 9.54. The van der Waals surface area contributed by atoms with Gasteiger partial charge in [-0.05, 0) is 12.8 Å². The Balaban J connectivity index is 4.10. The molecular formula is C10H20O2. The van der Waals surface area contributed by atoms with Crippen LogP contribution in [0.25, 0.3) is 0 Å². The average Bonchev–Trinajstić information content (AvgIpc) is 2.11. The molecule has 2 heteroatoms. The minimum Gasteiger partial charge on any atom is -0.393 e. The fraction of sp³-hybridized carbons (Fsp3) is 0.800. The van der Waals surface area contributed by atoms with E-state index >= 15 is 0 Å². The highest BCUT2D eigenvalue weighted by Gasteiger charge is 2.22. The van der Waals surface area contributed by atoms with E-state index in [9.17, 15) is 10.2 Å². The van der Waals surface area contributed by atoms with Gasteiger partial charge in [0.1, 0.15) is 0 Å². The van der Waals surface area contributed by atoms with Gasteiger partial charge in [-0.1, -0.05) is 26.3 Å². The van der Waals surface area contributed by atoms with E-state index in [1.807, 2.05) is 13.8 Å². The smallest absolute Gasteiger partial charge is 0.0771 e. The lowest BCUT2D eigenvalue weighted by molar-refractivity contribution is 0.0282. The summed E-state index contributed by atoms with van der Waals surface area (Å²) < 4.78 is 0. The first-order valence-corrected chi connectivity index (χ1v) is 4.66. The van der Waals surface area contributed by atoms with E-state index in [1.165, 1.54) is 6.08 Å². The summed E-state index contributed by atoms with van der Waals surface area (Å²) in [5.41, 5.74) is 0. The summed E-state index contributed by atoms with van der Waals surface area (Å²) in [6, 6.07) is 0. The number of hydrogen-bond donors (Lipinski definition) is 2. The van der Waals surface area contributed by atoms with Crippen molar-refractivity contribution in [1.82, 2.24) is 0 Å². The monoisotopic (exact) mass is 172 g/mol. The Labute approximate surface area is 74.9 Å². The molecule has 3 atom stereocenters. The van der Waals surface area contributed by atoms with Gasteiger partial charge in [-0.3, -0.25) is 0 Å². The van der Waals surface area contributed by atoms with E-state index in [-0.39, 0.29) is 5.92 Å². The predicted octanol–water partition coefficient (Wildman–Crippen LogP) is 1.72. The molecule has 0 bridgehead atoms. The highest BCUT2D eigenvalue weighted by molar-refractivity contribution is 4.87. The van der Waals surface area contributed by atoms with Gasteiger partial charge in [0.15, 0.2) is 0 Å². The summed E-state index contributed by atoms with van der Waals surface area (Å²) in [4.78, 5) is 0. The predicted molar refractivity (Wildman–Crippen MR) is 50.9 cm³/mol. The number of aliphatic hydroxyl groups excluding tert-OH is 2. The van der Waals surface area contributed by atoms with Crippen LogP contribution in [0.1, 0.15) is 33.1 Å². The molecule has 0 amide bonds. The topological polar surface area (TPSA) is 40.5 Å². The molecule has 2 nitrogen and oxygen atoms in total. The second-order valence-corrected chi connectivity index (χ2v) is 3.15. The first-order chi connectivity index (χ1) is 5.67. The van der Waals surface area contributed by atoms with Gasteiger partial charge in [0, 0.05) is 5.92 Å². The van der Waals surface area contributed by atoms with E-state index in [4.69, 9.17) is 0 Å². The van der Waals surface area contributed by atoms with Crippen molar-refractivity contribution < 1.29 is 10.2 Å². The van der Waals surface area contributed by atoms with Gasteiger partial charge < -0.3 is 10.2 Å². The molecule has 0 aliphatic heterocycles. The molecule has 0 aliphatic carbocycles. The van der Waals surface area contributed by atoms with Crippen LogP contribution in [-0.2, 0) is 0 Å². The second-order valence-electron chi connectivity index (χ2n) is 3.15. The molecule has 0 heterocycles. The van der Waals surface area contributed by atoms with Gasteiger partial charge in [-0.15, -0.1) is 6.58 Å². The SMILES string of the molecule is C=CC(O)C(CCC)C(O)CC. The highest BCUT2D eigenvalue weighted by Crippen LogP contribution is 2.19. The van der Waals surface area contributed by atoms with E-state index in [0.29, 0.717) is 6.42 Å². The molecule has 72 valence electrons. The highest BCUT2D eigenvalue weighted by atomic mass is 16.3. The summed E-state index contributed by atoms with van der Waals surface area (Å²) in [5.74, 6) is -0.0440. The molecule has 0 aromatic heterocycles. The first-order valence-electron chi connectivity index (χ1n) is 4.66. The van der Waals surface area contributed by atoms with Gasteiger partial charge in [-0.25, -0.2) is 0 Å². The summed E-state index contributed by atoms with van der Waals surface area (Å²) in [6.07, 6.45) is 3.04. The number of aliphatic hydroxyl groups is 2. The van der Waals surface area contributed by atoms with Crippen molar-refractivity contribution in [3.8, 4) is 0 Å². The van der Waals surface area contributed by atoms with E-state index in [2.05, 4.69) is 6.58 Å². The molecule has 12 heavy (non-hydrogen) atoms. The fourth-order valence-electron chi connectivity index (χ4n) is 1.40. The molecule has 0 saturated heterocycles. The standard InChI is InChI=1S/C10H20O2/c1-4-7-8(9(11)5-2)10(12)6-3/h5,8-12H,2,4,6-7H2,1,3H3. The minimum absolute atomic E-state index is 0.0440. The van der Waals surface area contributed by atoms with Crippen molar-refractivity contribution >= 4 is 0 Å². The van der Waals surface area contributed by atoms with Gasteiger partial charge in [0.25, 0.3) is 0 Å². The molecule has 0 aromatic rings. The van der Waals surface area contributed by atoms with Crippen LogP contribution in [0.5, 0.6) is 0 Å². The zero-order valence-corrected chi connectivity index (χ0v) is 8.03. The van der Waals surface area contributed by atoms with Crippen molar-refractivity contribution in [2.24, 2.45) is 5.92 Å². The molecule has 0 aliphatic rings. The molecule has 0 spiro atoms. The zero-order valence-electron chi connectivity index (χ0n) is 8.03. The summed E-state index contributed by atoms with van der Waals surface area (Å²) in [5, 5.41) is 19.0. The Bertz CT molecular complexity index is 123. The van der Waals surface area contributed by atoms with E-state index in [1.54, 1.807) is 0 Å². The third-order valence-corrected chi connectivity index (χ3v) is 2.21. The Morgan fingerprint density at radius 1 is 1.33 bits per heavy atom. The van der Waals surface area contributed by atoms with Gasteiger partial charge in [-0.2, -0.15) is 0 Å². The Hall–Kier alpha value is -0.340. The average molecular weight is 172 g/mol. The molecule has 0 saturated carbocycles. The summed E-state index contributed by atoms with van der Waals surface area (Å²) >= 11 is 0. The lowest BCUT2D eigenvalue weighted by atomic mass is 9.90. The van der Waals surface area contributed by atoms with Gasteiger partial charge in [0.05, 0.1) is 12.2 Å². The number of hydrogen-bond acceptors (Lipinski definition) is 2. The van der Waals surface area contributed by atoms with Crippen LogP contribution in [0.4, 0.5) is 0 Å². The summed E-state index contributed by atoms with van der Waals surface area (Å²) in [6.45, 7) is 7.49. The van der Waals surface area contributed by atoms with Crippen molar-refractivity contribution in [1.29, 1.82) is 0 Å². The molecular weight excluding hydrogens is 152 g/mol. The zero-order chi connectivity index (χ0) is 9.56. The van der Waals surface area contributed by atoms with Gasteiger partial charge in [0.2, 0.25) is 0 Å². The molecule has 0 fully saturated rings. The molecule has 0 radical (unpaired) electrons. The second kappa shape index (κ2) is 6.21. The van der Waals surface area contributed by atoms with Crippen LogP contribution in [0.2, 0.25) is 0 Å². The van der Waals surface area contributed by atoms with Crippen LogP contribution < -0.4 is 0 Å². The van der Waals surface area contributed by atoms with Crippen LogP contribution in [0.15, 0.2) is 12.7 Å². The largest absolute Gasteiger partial charge is 0.393 e. The molecule has 3 unspecified atom stereocenters. The van der Waals surface area contributed by atoms with Crippen LogP contribution in [0.3, 0.4) is 0 Å². The summed E-state index contributed by atoms with van der Waals surface area (Å²) in [7, 11) is 0. The van der Waals surface area contributed by atoms with E-state index < -0.39 is 12.2 Å². The number of rotatable bonds is 6. The van der Waals surface area contributed by atoms with Crippen LogP contribution in [0, 0.1) is 5.92 Å². The molecule has 0 aromatic carbocycles. The van der Waals surface area contributed by atoms with Crippen LogP contribution in [-0.4, -0.2) is 22.4 Å². The quantitative estimate of drug-likeness (QED) is 0.599. The Morgan fingerprint density at radius 2 is 1.92 bits per heavy atom. The van der Waals surface area contributed by atoms with E-state index in [0.717, 1.165) is 12.8 Å². The molecule has 0 rings (SSSR count). The van der Waals surface area contributed by atoms with Crippen molar-refractivity contribution in [3.05, 3.63) is 12.7 Å². The molecule has 2 N–H and O–H groups in total.